The molecule has 35 heavy (non-hydrogen) atoms. The maximum Gasteiger partial charge on any atom is 0.337 e. The van der Waals surface area contributed by atoms with Gasteiger partial charge in [0.1, 0.15) is 0 Å². The van der Waals surface area contributed by atoms with Gasteiger partial charge in [0.25, 0.3) is 0 Å². The van der Waals surface area contributed by atoms with Crippen molar-refractivity contribution in [1.82, 2.24) is 5.32 Å². The Morgan fingerprint density at radius 1 is 1.00 bits per heavy atom. The molecule has 5 rings (SSSR count). The van der Waals surface area contributed by atoms with Gasteiger partial charge in [-0.3, -0.25) is 4.79 Å². The van der Waals surface area contributed by atoms with E-state index in [9.17, 15) is 9.59 Å². The lowest BCUT2D eigenvalue weighted by molar-refractivity contribution is -0.143. The first-order valence-electron chi connectivity index (χ1n) is 12.0. The van der Waals surface area contributed by atoms with Gasteiger partial charge in [-0.15, -0.1) is 0 Å². The number of benzene rings is 3. The molecule has 1 aliphatic heterocycles. The molecular weight excluding hydrogens is 458 g/mol. The van der Waals surface area contributed by atoms with Crippen LogP contribution < -0.4 is 5.32 Å². The summed E-state index contributed by atoms with van der Waals surface area (Å²) < 4.78 is 5.66. The summed E-state index contributed by atoms with van der Waals surface area (Å²) in [6.07, 6.45) is 0.811. The summed E-state index contributed by atoms with van der Waals surface area (Å²) in [6.45, 7) is 5.57. The number of fused-ring (bicyclic) bond motifs is 1. The van der Waals surface area contributed by atoms with Gasteiger partial charge in [-0.2, -0.15) is 0 Å². The molecule has 0 radical (unpaired) electrons. The summed E-state index contributed by atoms with van der Waals surface area (Å²) in [4.78, 5) is 27.2. The highest BCUT2D eigenvalue weighted by Gasteiger charge is 2.42. The van der Waals surface area contributed by atoms with Gasteiger partial charge in [0.2, 0.25) is 0 Å². The maximum atomic E-state index is 13.8. The second kappa shape index (κ2) is 9.35. The van der Waals surface area contributed by atoms with Crippen LogP contribution in [0.25, 0.3) is 10.8 Å². The molecule has 1 heterocycles. The molecule has 2 aliphatic rings. The summed E-state index contributed by atoms with van der Waals surface area (Å²) in [5, 5.41) is 6.20. The number of halogens is 1. The van der Waals surface area contributed by atoms with Crippen molar-refractivity contribution in [2.75, 3.05) is 0 Å². The van der Waals surface area contributed by atoms with Crippen molar-refractivity contribution in [2.24, 2.45) is 0 Å². The number of nitrogens with one attached hydrogen (secondary N) is 1. The Hall–Kier alpha value is -3.37. The zero-order chi connectivity index (χ0) is 24.7. The Balaban J connectivity index is 1.66. The molecule has 4 nitrogen and oxygen atoms in total. The third kappa shape index (κ3) is 4.39. The van der Waals surface area contributed by atoms with Gasteiger partial charge in [-0.25, -0.2) is 4.79 Å². The topological polar surface area (TPSA) is 55.4 Å². The molecule has 2 atom stereocenters. The van der Waals surface area contributed by atoms with Gasteiger partial charge in [0.15, 0.2) is 5.78 Å². The lowest BCUT2D eigenvalue weighted by Crippen LogP contribution is -2.36. The highest BCUT2D eigenvalue weighted by molar-refractivity contribution is 6.30. The van der Waals surface area contributed by atoms with Crippen molar-refractivity contribution in [2.45, 2.75) is 51.6 Å². The van der Waals surface area contributed by atoms with Crippen LogP contribution in [0.3, 0.4) is 0 Å². The Kier molecular flexibility index (Phi) is 6.24. The summed E-state index contributed by atoms with van der Waals surface area (Å²) >= 11 is 6.09. The van der Waals surface area contributed by atoms with Gasteiger partial charge in [0.05, 0.1) is 11.7 Å². The van der Waals surface area contributed by atoms with Crippen LogP contribution in [0.15, 0.2) is 89.3 Å². The summed E-state index contributed by atoms with van der Waals surface area (Å²) in [5.74, 6) is -0.764. The number of esters is 1. The molecule has 0 saturated heterocycles. The quantitative estimate of drug-likeness (QED) is 0.412. The van der Waals surface area contributed by atoms with E-state index in [2.05, 4.69) is 23.5 Å². The van der Waals surface area contributed by atoms with Gasteiger partial charge >= 0.3 is 5.97 Å². The van der Waals surface area contributed by atoms with E-state index in [1.165, 1.54) is 0 Å². The van der Waals surface area contributed by atoms with E-state index in [4.69, 9.17) is 16.3 Å². The van der Waals surface area contributed by atoms with Crippen molar-refractivity contribution in [3.8, 4) is 0 Å². The van der Waals surface area contributed by atoms with Gasteiger partial charge in [-0.1, -0.05) is 66.2 Å². The predicted molar refractivity (Wildman–Crippen MR) is 139 cm³/mol. The van der Waals surface area contributed by atoms with E-state index < -0.39 is 5.92 Å². The number of carbonyl (C=O) groups excluding carboxylic acids is 2. The van der Waals surface area contributed by atoms with Crippen LogP contribution in [-0.4, -0.2) is 17.9 Å². The van der Waals surface area contributed by atoms with Crippen LogP contribution in [0.5, 0.6) is 0 Å². The molecule has 0 unspecified atom stereocenters. The number of allylic oxidation sites excluding steroid dienone is 3. The zero-order valence-corrected chi connectivity index (χ0v) is 20.9. The second-order valence-corrected chi connectivity index (χ2v) is 10.0. The average molecular weight is 486 g/mol. The molecule has 0 spiro atoms. The second-order valence-electron chi connectivity index (χ2n) is 9.59. The Bertz CT molecular complexity index is 1380. The number of ether oxygens (including phenoxy) is 1. The van der Waals surface area contributed by atoms with Crippen LogP contribution in [0.4, 0.5) is 0 Å². The molecule has 1 N–H and O–H groups in total. The van der Waals surface area contributed by atoms with E-state index in [0.717, 1.165) is 33.3 Å². The molecule has 5 heteroatoms. The van der Waals surface area contributed by atoms with Gasteiger partial charge < -0.3 is 10.1 Å². The number of hydrogen-bond acceptors (Lipinski definition) is 4. The Morgan fingerprint density at radius 3 is 2.46 bits per heavy atom. The van der Waals surface area contributed by atoms with Crippen LogP contribution in [0.2, 0.25) is 5.02 Å². The molecule has 1 aliphatic carbocycles. The lowest BCUT2D eigenvalue weighted by atomic mass is 9.71. The van der Waals surface area contributed by atoms with E-state index in [1.807, 2.05) is 69.3 Å². The third-order valence-corrected chi connectivity index (χ3v) is 7.12. The fourth-order valence-electron chi connectivity index (χ4n) is 5.37. The molecule has 178 valence electrons. The van der Waals surface area contributed by atoms with E-state index in [0.29, 0.717) is 29.0 Å². The van der Waals surface area contributed by atoms with Gasteiger partial charge in [-0.05, 0) is 67.1 Å². The first-order chi connectivity index (χ1) is 16.8. The summed E-state index contributed by atoms with van der Waals surface area (Å²) in [7, 11) is 0. The Labute approximate surface area is 210 Å². The molecule has 0 amide bonds. The molecule has 0 bridgehead atoms. The highest BCUT2D eigenvalue weighted by atomic mass is 35.5. The normalized spacial score (nSPS) is 20.2. The minimum absolute atomic E-state index is 0.0520. The zero-order valence-electron chi connectivity index (χ0n) is 20.1. The van der Waals surface area contributed by atoms with Crippen LogP contribution in [0.1, 0.15) is 56.6 Å². The van der Waals surface area contributed by atoms with Crippen molar-refractivity contribution >= 4 is 34.1 Å². The smallest absolute Gasteiger partial charge is 0.337 e. The van der Waals surface area contributed by atoms with Crippen molar-refractivity contribution in [1.29, 1.82) is 0 Å². The number of carbonyl (C=O) groups is 2. The van der Waals surface area contributed by atoms with E-state index in [1.54, 1.807) is 0 Å². The summed E-state index contributed by atoms with van der Waals surface area (Å²) in [5.41, 5.74) is 4.84. The SMILES string of the molecule is CC1=C(C(=O)OC(C)C)[C@@H](c2cccc3ccccc23)C2=C(C[C@@H](c3ccc(Cl)cc3)CC2=O)N1. The standard InChI is InChI=1S/C30H28ClNO3/c1-17(2)35-30(34)27-18(3)32-25-15-21(19-11-13-22(31)14-12-19)16-26(33)29(25)28(27)24-10-6-8-20-7-4-5-9-23(20)24/h4-14,17,21,28,32H,15-16H2,1-3H3/t21-,28-/m1/s1. The van der Waals surface area contributed by atoms with Crippen LogP contribution in [0, 0.1) is 0 Å². The highest BCUT2D eigenvalue weighted by Crippen LogP contribution is 2.47. The van der Waals surface area contributed by atoms with Crippen molar-refractivity contribution in [3.63, 3.8) is 0 Å². The first-order valence-corrected chi connectivity index (χ1v) is 12.4. The van der Waals surface area contributed by atoms with Gasteiger partial charge in [0, 0.05) is 34.3 Å². The fourth-order valence-corrected chi connectivity index (χ4v) is 5.50. The number of hydrogen-bond donors (Lipinski definition) is 1. The molecule has 3 aromatic rings. The third-order valence-electron chi connectivity index (χ3n) is 6.87. The first kappa shape index (κ1) is 23.4. The number of ketones is 1. The lowest BCUT2D eigenvalue weighted by Gasteiger charge is -2.37. The largest absolute Gasteiger partial charge is 0.460 e. The monoisotopic (exact) mass is 485 g/mol. The average Bonchev–Trinajstić information content (AvgIpc) is 2.82. The summed E-state index contributed by atoms with van der Waals surface area (Å²) in [6, 6.07) is 21.9. The number of dihydropyridines is 1. The fraction of sp³-hybridized carbons (Fsp3) is 0.267. The molecule has 0 saturated carbocycles. The van der Waals surface area contributed by atoms with Crippen molar-refractivity contribution in [3.05, 3.63) is 105 Å². The molecule has 3 aromatic carbocycles. The number of rotatable bonds is 4. The van der Waals surface area contributed by atoms with Crippen molar-refractivity contribution < 1.29 is 14.3 Å². The molecular formula is C30H28ClNO3. The molecule has 0 aromatic heterocycles. The minimum Gasteiger partial charge on any atom is -0.460 e. The van der Waals surface area contributed by atoms with Crippen LogP contribution in [-0.2, 0) is 14.3 Å². The predicted octanol–water partition coefficient (Wildman–Crippen LogP) is 6.81. The van der Waals surface area contributed by atoms with Crippen LogP contribution >= 0.6 is 11.6 Å². The maximum absolute atomic E-state index is 13.8. The Morgan fingerprint density at radius 2 is 1.71 bits per heavy atom. The van der Waals surface area contributed by atoms with E-state index in [-0.39, 0.29) is 23.8 Å². The van der Waals surface area contributed by atoms with E-state index >= 15 is 0 Å². The molecule has 0 fully saturated rings. The minimum atomic E-state index is -0.484. The number of Topliss-reactive ketones (excluding diaryl/α,β-unsaturated/α-hetero) is 1.